The van der Waals surface area contributed by atoms with Crippen molar-refractivity contribution in [2.75, 3.05) is 7.11 Å². The molecule has 0 aliphatic heterocycles. The Morgan fingerprint density at radius 2 is 1.74 bits per heavy atom. The number of hydrogen-bond acceptors (Lipinski definition) is 5. The minimum Gasteiger partial charge on any atom is -0.467 e. The zero-order valence-electron chi connectivity index (χ0n) is 18.4. The zero-order chi connectivity index (χ0) is 22.6. The van der Waals surface area contributed by atoms with Crippen LogP contribution in [0.15, 0.2) is 75.1 Å². The third kappa shape index (κ3) is 5.58. The molecule has 162 valence electrons. The Morgan fingerprint density at radius 3 is 2.39 bits per heavy atom. The number of ether oxygens (including phenoxy) is 1. The summed E-state index contributed by atoms with van der Waals surface area (Å²) in [6, 6.07) is 17.8. The van der Waals surface area contributed by atoms with E-state index >= 15 is 0 Å². The molecule has 1 atom stereocenters. The molecule has 0 spiro atoms. The van der Waals surface area contributed by atoms with Crippen LogP contribution in [-0.2, 0) is 14.9 Å². The number of esters is 1. The number of benzene rings is 2. The van der Waals surface area contributed by atoms with Crippen LogP contribution >= 0.6 is 11.8 Å². The van der Waals surface area contributed by atoms with Crippen molar-refractivity contribution in [1.82, 2.24) is 5.32 Å². The van der Waals surface area contributed by atoms with E-state index in [2.05, 4.69) is 44.3 Å². The first-order valence-electron chi connectivity index (χ1n) is 10.0. The van der Waals surface area contributed by atoms with Gasteiger partial charge in [0, 0.05) is 4.90 Å². The van der Waals surface area contributed by atoms with Crippen LogP contribution in [0.4, 0.5) is 0 Å². The molecular weight excluding hydrogens is 410 g/mol. The zero-order valence-corrected chi connectivity index (χ0v) is 19.2. The fourth-order valence-corrected chi connectivity index (χ4v) is 3.93. The number of rotatable bonds is 6. The largest absolute Gasteiger partial charge is 0.467 e. The van der Waals surface area contributed by atoms with E-state index in [9.17, 15) is 9.59 Å². The van der Waals surface area contributed by atoms with Crippen molar-refractivity contribution in [3.63, 3.8) is 0 Å². The molecule has 1 N–H and O–H groups in total. The lowest BCUT2D eigenvalue weighted by Crippen LogP contribution is -2.34. The number of carbonyl (C=O) groups excluding carboxylic acids is 2. The lowest BCUT2D eigenvalue weighted by Gasteiger charge is -2.20. The number of amides is 1. The maximum atomic E-state index is 12.7. The summed E-state index contributed by atoms with van der Waals surface area (Å²) in [5, 5.41) is 3.31. The van der Waals surface area contributed by atoms with Crippen LogP contribution in [-0.4, -0.2) is 19.0 Å². The quantitative estimate of drug-likeness (QED) is 0.503. The van der Waals surface area contributed by atoms with Gasteiger partial charge in [-0.1, -0.05) is 75.0 Å². The Balaban J connectivity index is 1.77. The van der Waals surface area contributed by atoms with Gasteiger partial charge in [-0.25, -0.2) is 4.79 Å². The van der Waals surface area contributed by atoms with Crippen molar-refractivity contribution in [2.45, 2.75) is 49.1 Å². The summed E-state index contributed by atoms with van der Waals surface area (Å²) in [6.07, 6.45) is 0. The monoisotopic (exact) mass is 437 g/mol. The fraction of sp³-hybridized carbons (Fsp3) is 0.280. The molecule has 0 saturated heterocycles. The van der Waals surface area contributed by atoms with Crippen LogP contribution in [0.3, 0.4) is 0 Å². The van der Waals surface area contributed by atoms with Gasteiger partial charge in [0.25, 0.3) is 5.91 Å². The van der Waals surface area contributed by atoms with Crippen molar-refractivity contribution in [2.24, 2.45) is 0 Å². The van der Waals surface area contributed by atoms with Crippen LogP contribution in [0.2, 0.25) is 0 Å². The van der Waals surface area contributed by atoms with Gasteiger partial charge >= 0.3 is 5.97 Å². The number of furan rings is 1. The third-order valence-corrected chi connectivity index (χ3v) is 6.00. The molecule has 0 aliphatic carbocycles. The Hall–Kier alpha value is -2.99. The second-order valence-electron chi connectivity index (χ2n) is 8.29. The highest BCUT2D eigenvalue weighted by Crippen LogP contribution is 2.35. The lowest BCUT2D eigenvalue weighted by molar-refractivity contribution is -0.143. The summed E-state index contributed by atoms with van der Waals surface area (Å²) in [5.74, 6) is -0.890. The van der Waals surface area contributed by atoms with Gasteiger partial charge < -0.3 is 14.5 Å². The Labute approximate surface area is 187 Å². The highest BCUT2D eigenvalue weighted by atomic mass is 32.2. The van der Waals surface area contributed by atoms with E-state index in [4.69, 9.17) is 9.15 Å². The summed E-state index contributed by atoms with van der Waals surface area (Å²) in [6.45, 7) is 8.57. The van der Waals surface area contributed by atoms with E-state index in [0.717, 1.165) is 10.5 Å². The summed E-state index contributed by atoms with van der Waals surface area (Å²) in [5.41, 5.74) is 3.04. The second kappa shape index (κ2) is 9.43. The first kappa shape index (κ1) is 22.7. The van der Waals surface area contributed by atoms with Crippen molar-refractivity contribution < 1.29 is 18.7 Å². The van der Waals surface area contributed by atoms with Crippen LogP contribution in [0, 0.1) is 6.92 Å². The number of carbonyl (C=O) groups is 2. The van der Waals surface area contributed by atoms with Gasteiger partial charge in [-0.3, -0.25) is 4.79 Å². The summed E-state index contributed by atoms with van der Waals surface area (Å²) >= 11 is 1.47. The molecule has 0 aliphatic rings. The number of methoxy groups -OCH3 is 1. The lowest BCUT2D eigenvalue weighted by atomic mass is 9.87. The molecule has 0 saturated carbocycles. The summed E-state index contributed by atoms with van der Waals surface area (Å²) in [4.78, 5) is 26.0. The number of aryl methyl sites for hydroxylation is 1. The predicted octanol–water partition coefficient (Wildman–Crippen LogP) is 5.68. The number of hydrogen-bond donors (Lipinski definition) is 1. The van der Waals surface area contributed by atoms with Gasteiger partial charge in [-0.15, -0.1) is 0 Å². The summed E-state index contributed by atoms with van der Waals surface area (Å²) < 4.78 is 10.6. The molecular formula is C25H27NO4S. The molecule has 6 heteroatoms. The highest BCUT2D eigenvalue weighted by Gasteiger charge is 2.25. The number of nitrogens with one attached hydrogen (secondary N) is 1. The summed E-state index contributed by atoms with van der Waals surface area (Å²) in [7, 11) is 1.29. The maximum Gasteiger partial charge on any atom is 0.333 e. The van der Waals surface area contributed by atoms with E-state index in [1.165, 1.54) is 24.4 Å². The predicted molar refractivity (Wildman–Crippen MR) is 121 cm³/mol. The van der Waals surface area contributed by atoms with Crippen LogP contribution in [0.1, 0.15) is 54.1 Å². The molecule has 1 heterocycles. The van der Waals surface area contributed by atoms with Gasteiger partial charge in [-0.2, -0.15) is 0 Å². The van der Waals surface area contributed by atoms with E-state index in [1.807, 2.05) is 13.0 Å². The minimum absolute atomic E-state index is 0.0392. The molecule has 31 heavy (non-hydrogen) atoms. The van der Waals surface area contributed by atoms with Crippen molar-refractivity contribution >= 4 is 23.6 Å². The minimum atomic E-state index is -0.911. The molecule has 0 bridgehead atoms. The topological polar surface area (TPSA) is 68.5 Å². The van der Waals surface area contributed by atoms with Crippen LogP contribution in [0.5, 0.6) is 0 Å². The first-order chi connectivity index (χ1) is 14.7. The Bertz CT molecular complexity index is 1070. The van der Waals surface area contributed by atoms with Gasteiger partial charge in [0.05, 0.1) is 7.11 Å². The average molecular weight is 438 g/mol. The Kier molecular flexibility index (Phi) is 6.91. The molecule has 3 rings (SSSR count). The van der Waals surface area contributed by atoms with Crippen LogP contribution in [0.25, 0.3) is 0 Å². The molecule has 5 nitrogen and oxygen atoms in total. The van der Waals surface area contributed by atoms with Gasteiger partial charge in [-0.05, 0) is 47.2 Å². The van der Waals surface area contributed by atoms with Crippen molar-refractivity contribution in [3.8, 4) is 0 Å². The van der Waals surface area contributed by atoms with E-state index in [-0.39, 0.29) is 11.2 Å². The molecule has 0 radical (unpaired) electrons. The smallest absolute Gasteiger partial charge is 0.333 e. The molecule has 1 amide bonds. The average Bonchev–Trinajstić information content (AvgIpc) is 3.21. The van der Waals surface area contributed by atoms with Crippen molar-refractivity contribution in [1.29, 1.82) is 0 Å². The molecule has 1 unspecified atom stereocenters. The standard InChI is InChI=1S/C25H27NO4S/c1-16-11-12-18(25(2,3)4)15-20(16)31-21-14-13-19(30-21)23(27)26-22(24(28)29-5)17-9-7-6-8-10-17/h6-15,22H,1-5H3,(H,26,27). The van der Waals surface area contributed by atoms with E-state index in [1.54, 1.807) is 36.4 Å². The maximum absolute atomic E-state index is 12.7. The van der Waals surface area contributed by atoms with Crippen molar-refractivity contribution in [3.05, 3.63) is 83.1 Å². The third-order valence-electron chi connectivity index (χ3n) is 4.92. The van der Waals surface area contributed by atoms with Gasteiger partial charge in [0.1, 0.15) is 0 Å². The van der Waals surface area contributed by atoms with E-state index in [0.29, 0.717) is 10.7 Å². The molecule has 0 fully saturated rings. The normalized spacial score (nSPS) is 12.3. The van der Waals surface area contributed by atoms with Crippen LogP contribution < -0.4 is 5.32 Å². The van der Waals surface area contributed by atoms with E-state index < -0.39 is 17.9 Å². The van der Waals surface area contributed by atoms with Gasteiger partial charge in [0.2, 0.25) is 0 Å². The van der Waals surface area contributed by atoms with Gasteiger partial charge in [0.15, 0.2) is 16.9 Å². The second-order valence-corrected chi connectivity index (χ2v) is 9.34. The molecule has 3 aromatic rings. The fourth-order valence-electron chi connectivity index (χ4n) is 3.03. The first-order valence-corrected chi connectivity index (χ1v) is 10.8. The Morgan fingerprint density at radius 1 is 1.03 bits per heavy atom. The SMILES string of the molecule is COC(=O)C(NC(=O)c1ccc(Sc2cc(C(C)(C)C)ccc2C)o1)c1ccccc1. The molecule has 1 aromatic heterocycles. The molecule has 2 aromatic carbocycles. The highest BCUT2D eigenvalue weighted by molar-refractivity contribution is 7.99.